The van der Waals surface area contributed by atoms with Crippen molar-refractivity contribution in [1.82, 2.24) is 10.2 Å². The maximum atomic E-state index is 8.46. The van der Waals surface area contributed by atoms with Crippen molar-refractivity contribution < 1.29 is 10.2 Å². The Hall–Kier alpha value is 0.130. The number of hydrogen-bond acceptors (Lipinski definition) is 4. The van der Waals surface area contributed by atoms with Crippen molar-refractivity contribution in [1.29, 1.82) is 0 Å². The van der Waals surface area contributed by atoms with Crippen molar-refractivity contribution in [2.45, 2.75) is 6.42 Å². The summed E-state index contributed by atoms with van der Waals surface area (Å²) in [6.07, 6.45) is 0.998. The van der Waals surface area contributed by atoms with E-state index < -0.39 is 0 Å². The average Bonchev–Trinajstić information content (AvgIpc) is 2.17. The molecule has 3 N–H and O–H groups in total. The third kappa shape index (κ3) is 18.0. The molecule has 0 aliphatic heterocycles. The molecular formula is C9H23ClN2O2. The molecule has 0 bridgehead atoms. The predicted octanol–water partition coefficient (Wildman–Crippen LogP) is -0.262. The minimum atomic E-state index is 0.233. The molecule has 0 rings (SSSR count). The molecule has 0 aliphatic carbocycles. The van der Waals surface area contributed by atoms with E-state index in [1.54, 1.807) is 7.05 Å². The molecule has 0 heterocycles. The number of aliphatic hydroxyl groups is 2. The number of alkyl halides is 1. The lowest BCUT2D eigenvalue weighted by Crippen LogP contribution is -2.23. The zero-order chi connectivity index (χ0) is 11.2. The Labute approximate surface area is 91.9 Å². The summed E-state index contributed by atoms with van der Waals surface area (Å²) in [6.45, 7) is 2.89. The Bertz CT molecular complexity index is 94.9. The molecule has 4 nitrogen and oxygen atoms in total. The molecular weight excluding hydrogens is 204 g/mol. The smallest absolute Gasteiger partial charge is 0.0558 e. The quantitative estimate of drug-likeness (QED) is 0.524. The lowest BCUT2D eigenvalue weighted by atomic mass is 10.4. The highest BCUT2D eigenvalue weighted by Crippen LogP contribution is 1.88. The van der Waals surface area contributed by atoms with Gasteiger partial charge in [0.15, 0.2) is 0 Å². The second kappa shape index (κ2) is 15.6. The van der Waals surface area contributed by atoms with E-state index in [0.717, 1.165) is 19.5 Å². The highest BCUT2D eigenvalue weighted by atomic mass is 35.5. The van der Waals surface area contributed by atoms with Gasteiger partial charge in [-0.2, -0.15) is 0 Å². The van der Waals surface area contributed by atoms with Gasteiger partial charge in [0, 0.05) is 19.0 Å². The summed E-state index contributed by atoms with van der Waals surface area (Å²) in [6, 6.07) is 0. The molecule has 0 radical (unpaired) electrons. The van der Waals surface area contributed by atoms with E-state index in [0.29, 0.717) is 12.4 Å². The molecule has 0 fully saturated rings. The van der Waals surface area contributed by atoms with Gasteiger partial charge in [0.2, 0.25) is 0 Å². The van der Waals surface area contributed by atoms with Gasteiger partial charge in [-0.1, -0.05) is 0 Å². The molecule has 0 saturated carbocycles. The third-order valence-electron chi connectivity index (χ3n) is 1.52. The standard InChI is InChI=1S/C6H14ClNO.C3H9NO/c1-8(5-6-9)4-2-3-7;1-4-2-3-5/h9H,2-6H2,1H3;4-5H,2-3H2,1H3. The molecule has 0 unspecified atom stereocenters. The van der Waals surface area contributed by atoms with Gasteiger partial charge in [0.05, 0.1) is 13.2 Å². The number of likely N-dealkylation sites (N-methyl/N-ethyl adjacent to an activating group) is 2. The normalized spacial score (nSPS) is 9.86. The summed E-state index contributed by atoms with van der Waals surface area (Å²) >= 11 is 5.46. The van der Waals surface area contributed by atoms with E-state index >= 15 is 0 Å². The van der Waals surface area contributed by atoms with Crippen LogP contribution in [-0.2, 0) is 0 Å². The molecule has 88 valence electrons. The maximum Gasteiger partial charge on any atom is 0.0558 e. The van der Waals surface area contributed by atoms with Crippen LogP contribution in [-0.4, -0.2) is 67.9 Å². The largest absolute Gasteiger partial charge is 0.395 e. The van der Waals surface area contributed by atoms with Crippen LogP contribution in [0.2, 0.25) is 0 Å². The van der Waals surface area contributed by atoms with Crippen LogP contribution in [0.25, 0.3) is 0 Å². The lowest BCUT2D eigenvalue weighted by molar-refractivity contribution is 0.222. The highest BCUT2D eigenvalue weighted by molar-refractivity contribution is 6.17. The first-order valence-electron chi connectivity index (χ1n) is 4.83. The van der Waals surface area contributed by atoms with Crippen molar-refractivity contribution in [2.75, 3.05) is 52.8 Å². The topological polar surface area (TPSA) is 55.7 Å². The van der Waals surface area contributed by atoms with E-state index in [-0.39, 0.29) is 13.2 Å². The summed E-state index contributed by atoms with van der Waals surface area (Å²) in [5, 5.41) is 19.2. The van der Waals surface area contributed by atoms with Crippen LogP contribution >= 0.6 is 11.6 Å². The van der Waals surface area contributed by atoms with E-state index in [1.807, 2.05) is 7.05 Å². The molecule has 5 heteroatoms. The second-order valence-corrected chi connectivity index (χ2v) is 3.27. The second-order valence-electron chi connectivity index (χ2n) is 2.90. The van der Waals surface area contributed by atoms with E-state index in [4.69, 9.17) is 21.8 Å². The summed E-state index contributed by atoms with van der Waals surface area (Å²) in [5.41, 5.74) is 0. The molecule has 0 aromatic rings. The van der Waals surface area contributed by atoms with Crippen LogP contribution in [0.5, 0.6) is 0 Å². The van der Waals surface area contributed by atoms with Crippen molar-refractivity contribution in [2.24, 2.45) is 0 Å². The monoisotopic (exact) mass is 226 g/mol. The Balaban J connectivity index is 0. The van der Waals surface area contributed by atoms with Gasteiger partial charge in [-0.15, -0.1) is 11.6 Å². The zero-order valence-electron chi connectivity index (χ0n) is 9.17. The molecule has 0 aromatic heterocycles. The first kappa shape index (κ1) is 16.6. The molecule has 0 aliphatic rings. The molecule has 0 saturated heterocycles. The average molecular weight is 227 g/mol. The molecule has 0 atom stereocenters. The van der Waals surface area contributed by atoms with Crippen LogP contribution in [0.15, 0.2) is 0 Å². The van der Waals surface area contributed by atoms with Gasteiger partial charge in [-0.05, 0) is 27.1 Å². The van der Waals surface area contributed by atoms with E-state index in [1.165, 1.54) is 0 Å². The Kier molecular flexibility index (Phi) is 18.4. The van der Waals surface area contributed by atoms with Gasteiger partial charge < -0.3 is 20.4 Å². The summed E-state index contributed by atoms with van der Waals surface area (Å²) in [7, 11) is 3.78. The van der Waals surface area contributed by atoms with Crippen LogP contribution in [0.1, 0.15) is 6.42 Å². The zero-order valence-corrected chi connectivity index (χ0v) is 9.93. The lowest BCUT2D eigenvalue weighted by Gasteiger charge is -2.12. The minimum absolute atomic E-state index is 0.233. The van der Waals surface area contributed by atoms with Gasteiger partial charge >= 0.3 is 0 Å². The Morgan fingerprint density at radius 3 is 2.14 bits per heavy atom. The van der Waals surface area contributed by atoms with Crippen molar-refractivity contribution >= 4 is 11.6 Å². The fourth-order valence-corrected chi connectivity index (χ4v) is 0.844. The predicted molar refractivity (Wildman–Crippen MR) is 60.9 cm³/mol. The molecule has 0 aromatic carbocycles. The number of rotatable bonds is 7. The van der Waals surface area contributed by atoms with Crippen molar-refractivity contribution in [3.05, 3.63) is 0 Å². The van der Waals surface area contributed by atoms with Gasteiger partial charge in [-0.3, -0.25) is 0 Å². The fraction of sp³-hybridized carbons (Fsp3) is 1.00. The SMILES string of the molecule is CN(CCO)CCCCl.CNCCO. The summed E-state index contributed by atoms with van der Waals surface area (Å²) in [4.78, 5) is 2.06. The van der Waals surface area contributed by atoms with Crippen LogP contribution in [0, 0.1) is 0 Å². The van der Waals surface area contributed by atoms with Gasteiger partial charge in [0.1, 0.15) is 0 Å². The molecule has 0 amide bonds. The highest BCUT2D eigenvalue weighted by Gasteiger charge is 1.93. The van der Waals surface area contributed by atoms with Crippen LogP contribution in [0.3, 0.4) is 0 Å². The number of halogens is 1. The number of nitrogens with one attached hydrogen (secondary N) is 1. The van der Waals surface area contributed by atoms with Crippen LogP contribution < -0.4 is 5.32 Å². The summed E-state index contributed by atoms with van der Waals surface area (Å²) < 4.78 is 0. The van der Waals surface area contributed by atoms with E-state index in [9.17, 15) is 0 Å². The number of aliphatic hydroxyl groups excluding tert-OH is 2. The number of nitrogens with zero attached hydrogens (tertiary/aromatic N) is 1. The molecule has 0 spiro atoms. The maximum absolute atomic E-state index is 8.46. The Morgan fingerprint density at radius 1 is 1.21 bits per heavy atom. The Morgan fingerprint density at radius 2 is 1.86 bits per heavy atom. The minimum Gasteiger partial charge on any atom is -0.395 e. The van der Waals surface area contributed by atoms with Gasteiger partial charge in [-0.25, -0.2) is 0 Å². The fourth-order valence-electron chi connectivity index (χ4n) is 0.724. The number of hydrogen-bond donors (Lipinski definition) is 3. The van der Waals surface area contributed by atoms with Crippen molar-refractivity contribution in [3.8, 4) is 0 Å². The first-order chi connectivity index (χ1) is 6.72. The summed E-state index contributed by atoms with van der Waals surface area (Å²) in [5.74, 6) is 0.704. The molecule has 14 heavy (non-hydrogen) atoms. The van der Waals surface area contributed by atoms with Crippen molar-refractivity contribution in [3.63, 3.8) is 0 Å². The third-order valence-corrected chi connectivity index (χ3v) is 1.78. The first-order valence-corrected chi connectivity index (χ1v) is 5.37. The van der Waals surface area contributed by atoms with Crippen LogP contribution in [0.4, 0.5) is 0 Å². The van der Waals surface area contributed by atoms with Gasteiger partial charge in [0.25, 0.3) is 0 Å². The van der Waals surface area contributed by atoms with E-state index in [2.05, 4.69) is 10.2 Å².